The fourth-order valence-corrected chi connectivity index (χ4v) is 1.98. The van der Waals surface area contributed by atoms with E-state index in [0.717, 1.165) is 31.4 Å². The molecule has 1 N–H and O–H groups in total. The van der Waals surface area contributed by atoms with Crippen LogP contribution in [0.3, 0.4) is 0 Å². The highest BCUT2D eigenvalue weighted by atomic mass is 16.5. The smallest absolute Gasteiger partial charge is 0.0855 e. The molecule has 1 aliphatic heterocycles. The van der Waals surface area contributed by atoms with E-state index in [1.807, 2.05) is 13.1 Å². The molecule has 0 aliphatic carbocycles. The van der Waals surface area contributed by atoms with Crippen LogP contribution in [0, 0.1) is 5.41 Å². The molecular formula is C14H24N3O-. The van der Waals surface area contributed by atoms with Crippen LogP contribution < -0.4 is 0 Å². The van der Waals surface area contributed by atoms with Crippen molar-refractivity contribution < 1.29 is 4.74 Å². The van der Waals surface area contributed by atoms with Gasteiger partial charge >= 0.3 is 0 Å². The second-order valence-corrected chi connectivity index (χ2v) is 4.85. The van der Waals surface area contributed by atoms with Crippen LogP contribution in [-0.2, 0) is 4.74 Å². The van der Waals surface area contributed by atoms with E-state index < -0.39 is 0 Å². The Kier molecular flexibility index (Phi) is 6.65. The van der Waals surface area contributed by atoms with Gasteiger partial charge in [0.25, 0.3) is 0 Å². The summed E-state index contributed by atoms with van der Waals surface area (Å²) in [5.41, 5.74) is 0.992. The summed E-state index contributed by atoms with van der Waals surface area (Å²) in [7, 11) is 2.02. The average molecular weight is 250 g/mol. The SMILES string of the molecule is CCCCCCOC(=[N-])C(=N)C1=CCCN(C)C1. The minimum absolute atomic E-state index is 0.136. The summed E-state index contributed by atoms with van der Waals surface area (Å²) in [4.78, 5) is 2.14. The molecule has 0 aromatic heterocycles. The van der Waals surface area contributed by atoms with Crippen molar-refractivity contribution in [3.8, 4) is 0 Å². The lowest BCUT2D eigenvalue weighted by molar-refractivity contribution is 0.301. The van der Waals surface area contributed by atoms with Crippen LogP contribution >= 0.6 is 0 Å². The Morgan fingerprint density at radius 3 is 2.89 bits per heavy atom. The Balaban J connectivity index is 2.28. The molecule has 0 amide bonds. The van der Waals surface area contributed by atoms with Crippen LogP contribution in [0.25, 0.3) is 5.41 Å². The van der Waals surface area contributed by atoms with E-state index in [4.69, 9.17) is 10.1 Å². The molecule has 0 saturated carbocycles. The number of hydrogen-bond acceptors (Lipinski definition) is 3. The molecule has 0 fully saturated rings. The topological polar surface area (TPSA) is 58.6 Å². The molecule has 0 spiro atoms. The van der Waals surface area contributed by atoms with Gasteiger partial charge in [0.1, 0.15) is 0 Å². The number of hydrogen-bond donors (Lipinski definition) is 1. The van der Waals surface area contributed by atoms with E-state index in [-0.39, 0.29) is 11.6 Å². The Bertz CT molecular complexity index is 323. The first-order valence-corrected chi connectivity index (χ1v) is 6.80. The molecular weight excluding hydrogens is 226 g/mol. The molecule has 0 unspecified atom stereocenters. The molecule has 0 aromatic carbocycles. The van der Waals surface area contributed by atoms with Crippen molar-refractivity contribution in [3.63, 3.8) is 0 Å². The van der Waals surface area contributed by atoms with Crippen LogP contribution in [0.15, 0.2) is 11.6 Å². The maximum Gasteiger partial charge on any atom is 0.0855 e. The lowest BCUT2D eigenvalue weighted by Crippen LogP contribution is -2.31. The summed E-state index contributed by atoms with van der Waals surface area (Å²) in [6.07, 6.45) is 7.37. The molecule has 102 valence electrons. The summed E-state index contributed by atoms with van der Waals surface area (Å²) in [6.45, 7) is 4.38. The van der Waals surface area contributed by atoms with E-state index in [2.05, 4.69) is 11.8 Å². The molecule has 1 aliphatic rings. The van der Waals surface area contributed by atoms with Gasteiger partial charge in [-0.2, -0.15) is 0 Å². The number of ether oxygens (including phenoxy) is 1. The summed E-state index contributed by atoms with van der Waals surface area (Å²) >= 11 is 0. The first kappa shape index (κ1) is 14.9. The second kappa shape index (κ2) is 8.03. The second-order valence-electron chi connectivity index (χ2n) is 4.85. The fraction of sp³-hybridized carbons (Fsp3) is 0.714. The van der Waals surface area contributed by atoms with Gasteiger partial charge in [0.2, 0.25) is 0 Å². The standard InChI is InChI=1S/C14H24N3O/c1-3-4-5-6-10-18-14(16)13(15)12-8-7-9-17(2)11-12/h8,15H,3-7,9-11H2,1-2H3/q-1. The van der Waals surface area contributed by atoms with Crippen molar-refractivity contribution in [2.45, 2.75) is 39.0 Å². The normalized spacial score (nSPS) is 16.2. The van der Waals surface area contributed by atoms with Crippen LogP contribution in [0.4, 0.5) is 0 Å². The Hall–Kier alpha value is -1.16. The molecule has 4 nitrogen and oxygen atoms in total. The third-order valence-electron chi connectivity index (χ3n) is 3.11. The molecule has 4 heteroatoms. The third kappa shape index (κ3) is 5.00. The minimum Gasteiger partial charge on any atom is -0.770 e. The number of rotatable bonds is 7. The summed E-state index contributed by atoms with van der Waals surface area (Å²) < 4.78 is 5.23. The average Bonchev–Trinajstić information content (AvgIpc) is 2.37. The Morgan fingerprint density at radius 2 is 2.22 bits per heavy atom. The van der Waals surface area contributed by atoms with E-state index in [1.54, 1.807) is 0 Å². The van der Waals surface area contributed by atoms with Gasteiger partial charge in [0.05, 0.1) is 12.3 Å². The highest BCUT2D eigenvalue weighted by Gasteiger charge is 2.13. The summed E-state index contributed by atoms with van der Waals surface area (Å²) in [5, 5.41) is 17.6. The van der Waals surface area contributed by atoms with Crippen molar-refractivity contribution in [3.05, 3.63) is 17.1 Å². The van der Waals surface area contributed by atoms with Crippen molar-refractivity contribution in [2.24, 2.45) is 0 Å². The van der Waals surface area contributed by atoms with Crippen LogP contribution in [0.1, 0.15) is 39.0 Å². The van der Waals surface area contributed by atoms with Gasteiger partial charge < -0.3 is 15.0 Å². The number of nitrogens with zero attached hydrogens (tertiary/aromatic N) is 2. The van der Waals surface area contributed by atoms with Crippen LogP contribution in [0.2, 0.25) is 0 Å². The lowest BCUT2D eigenvalue weighted by Gasteiger charge is -2.25. The number of unbranched alkanes of at least 4 members (excludes halogenated alkanes) is 3. The van der Waals surface area contributed by atoms with E-state index in [1.165, 1.54) is 12.8 Å². The summed E-state index contributed by atoms with van der Waals surface area (Å²) in [5.74, 6) is -0.229. The molecule has 0 saturated heterocycles. The molecule has 0 atom stereocenters. The zero-order valence-electron chi connectivity index (χ0n) is 11.5. The molecule has 1 rings (SSSR count). The number of likely N-dealkylation sites (N-methyl/N-ethyl adjacent to an activating group) is 1. The predicted octanol–water partition coefficient (Wildman–Crippen LogP) is 2.83. The van der Waals surface area contributed by atoms with Gasteiger partial charge in [0, 0.05) is 19.0 Å². The highest BCUT2D eigenvalue weighted by Crippen LogP contribution is 2.10. The zero-order chi connectivity index (χ0) is 13.4. The van der Waals surface area contributed by atoms with E-state index in [9.17, 15) is 5.41 Å². The van der Waals surface area contributed by atoms with E-state index in [0.29, 0.717) is 13.2 Å². The monoisotopic (exact) mass is 250 g/mol. The molecule has 0 aromatic rings. The van der Waals surface area contributed by atoms with Gasteiger partial charge in [-0.1, -0.05) is 32.3 Å². The van der Waals surface area contributed by atoms with Crippen LogP contribution in [-0.4, -0.2) is 43.3 Å². The van der Waals surface area contributed by atoms with E-state index >= 15 is 0 Å². The van der Waals surface area contributed by atoms with Gasteiger partial charge in [-0.05, 0) is 25.5 Å². The molecule has 0 bridgehead atoms. The van der Waals surface area contributed by atoms with Gasteiger partial charge in [-0.15, -0.1) is 0 Å². The molecule has 18 heavy (non-hydrogen) atoms. The van der Waals surface area contributed by atoms with Crippen molar-refractivity contribution >= 4 is 11.6 Å². The van der Waals surface area contributed by atoms with Crippen molar-refractivity contribution in [1.82, 2.24) is 4.90 Å². The van der Waals surface area contributed by atoms with Gasteiger partial charge in [-0.25, -0.2) is 0 Å². The fourth-order valence-electron chi connectivity index (χ4n) is 1.98. The maximum atomic E-state index is 9.72. The van der Waals surface area contributed by atoms with Crippen molar-refractivity contribution in [1.29, 1.82) is 5.41 Å². The highest BCUT2D eigenvalue weighted by molar-refractivity contribution is 6.45. The minimum atomic E-state index is -0.229. The first-order valence-electron chi connectivity index (χ1n) is 6.80. The maximum absolute atomic E-state index is 9.72. The van der Waals surface area contributed by atoms with Gasteiger partial charge in [0.15, 0.2) is 0 Å². The Morgan fingerprint density at radius 1 is 1.44 bits per heavy atom. The predicted molar refractivity (Wildman–Crippen MR) is 76.4 cm³/mol. The van der Waals surface area contributed by atoms with Gasteiger partial charge in [-0.3, -0.25) is 5.41 Å². The zero-order valence-corrected chi connectivity index (χ0v) is 11.5. The molecule has 1 heterocycles. The molecule has 0 radical (unpaired) electrons. The quantitative estimate of drug-likeness (QED) is 0.429. The Labute approximate surface area is 110 Å². The third-order valence-corrected chi connectivity index (χ3v) is 3.11. The lowest BCUT2D eigenvalue weighted by atomic mass is 10.1. The summed E-state index contributed by atoms with van der Waals surface area (Å²) in [6, 6.07) is 0. The van der Waals surface area contributed by atoms with Crippen molar-refractivity contribution in [2.75, 3.05) is 26.7 Å². The number of nitrogens with one attached hydrogen (secondary N) is 1. The van der Waals surface area contributed by atoms with Crippen LogP contribution in [0.5, 0.6) is 0 Å². The first-order chi connectivity index (χ1) is 8.65. The largest absolute Gasteiger partial charge is 0.770 e.